The fourth-order valence-corrected chi connectivity index (χ4v) is 1.58. The van der Waals surface area contributed by atoms with Crippen molar-refractivity contribution in [1.29, 1.82) is 0 Å². The Bertz CT molecular complexity index is 452. The average molecular weight is 234 g/mol. The highest BCUT2D eigenvalue weighted by Gasteiger charge is 2.18. The van der Waals surface area contributed by atoms with E-state index in [1.54, 1.807) is 0 Å². The Kier molecular flexibility index (Phi) is 3.18. The molecule has 0 aliphatic rings. The summed E-state index contributed by atoms with van der Waals surface area (Å²) in [4.78, 5) is 0. The van der Waals surface area contributed by atoms with Crippen LogP contribution in [0.4, 0.5) is 0 Å². The third-order valence-corrected chi connectivity index (χ3v) is 2.28. The van der Waals surface area contributed by atoms with E-state index in [0.29, 0.717) is 0 Å². The normalized spacial score (nSPS) is 13.7. The second-order valence-corrected chi connectivity index (χ2v) is 3.93. The highest BCUT2D eigenvalue weighted by atomic mass is 32.3. The first-order valence-electron chi connectivity index (χ1n) is 3.98. The largest absolute Gasteiger partial charge is 0.504 e. The van der Waals surface area contributed by atoms with Crippen LogP contribution in [0, 0.1) is 0 Å². The lowest BCUT2D eigenvalue weighted by Gasteiger charge is -2.12. The second-order valence-electron chi connectivity index (χ2n) is 2.88. The molecule has 7 heteroatoms. The molecule has 1 aromatic rings. The van der Waals surface area contributed by atoms with Gasteiger partial charge in [-0.1, -0.05) is 12.1 Å². The Morgan fingerprint density at radius 1 is 1.33 bits per heavy atom. The lowest BCUT2D eigenvalue weighted by Crippen LogP contribution is -2.08. The first-order valence-corrected chi connectivity index (χ1v) is 5.34. The summed E-state index contributed by atoms with van der Waals surface area (Å²) in [5.74, 6) is -0.869. The van der Waals surface area contributed by atoms with Crippen molar-refractivity contribution in [1.82, 2.24) is 0 Å². The summed E-state index contributed by atoms with van der Waals surface area (Å²) in [6.07, 6.45) is -1.09. The van der Waals surface area contributed by atoms with E-state index in [1.165, 1.54) is 25.1 Å². The number of hydrogen-bond donors (Lipinski definition) is 3. The second kappa shape index (κ2) is 4.05. The molecule has 0 amide bonds. The van der Waals surface area contributed by atoms with Crippen molar-refractivity contribution in [2.45, 2.75) is 13.0 Å². The van der Waals surface area contributed by atoms with E-state index in [9.17, 15) is 13.5 Å². The smallest absolute Gasteiger partial charge is 0.397 e. The fraction of sp³-hybridized carbons (Fsp3) is 0.250. The van der Waals surface area contributed by atoms with Crippen LogP contribution in [-0.2, 0) is 14.6 Å². The van der Waals surface area contributed by atoms with Crippen molar-refractivity contribution in [3.63, 3.8) is 0 Å². The van der Waals surface area contributed by atoms with Crippen LogP contribution in [0.5, 0.6) is 11.5 Å². The maximum absolute atomic E-state index is 10.4. The van der Waals surface area contributed by atoms with E-state index in [-0.39, 0.29) is 5.56 Å². The predicted octanol–water partition coefficient (Wildman–Crippen LogP) is 0.978. The van der Waals surface area contributed by atoms with Gasteiger partial charge >= 0.3 is 10.4 Å². The van der Waals surface area contributed by atoms with Crippen molar-refractivity contribution in [3.8, 4) is 11.5 Å². The molecular formula is C8H10O6S. The van der Waals surface area contributed by atoms with Crippen LogP contribution in [0.3, 0.4) is 0 Å². The molecule has 0 radical (unpaired) electrons. The topological polar surface area (TPSA) is 104 Å². The monoisotopic (exact) mass is 234 g/mol. The number of hydrogen-bond acceptors (Lipinski definition) is 5. The molecule has 3 N–H and O–H groups in total. The summed E-state index contributed by atoms with van der Waals surface area (Å²) in [5, 5.41) is 18.5. The number of benzene rings is 1. The van der Waals surface area contributed by atoms with Gasteiger partial charge in [-0.2, -0.15) is 8.42 Å². The molecule has 1 atom stereocenters. The van der Waals surface area contributed by atoms with Crippen LogP contribution in [0.1, 0.15) is 18.6 Å². The van der Waals surface area contributed by atoms with Gasteiger partial charge in [-0.25, -0.2) is 4.18 Å². The molecule has 0 aliphatic carbocycles. The molecule has 0 saturated carbocycles. The molecule has 0 bridgehead atoms. The molecule has 0 saturated heterocycles. The molecule has 84 valence electrons. The van der Waals surface area contributed by atoms with E-state index in [2.05, 4.69) is 4.18 Å². The minimum atomic E-state index is -4.59. The molecule has 0 spiro atoms. The minimum Gasteiger partial charge on any atom is -0.504 e. The Labute approximate surface area is 86.7 Å². The van der Waals surface area contributed by atoms with Gasteiger partial charge in [0, 0.05) is 5.56 Å². The summed E-state index contributed by atoms with van der Waals surface area (Å²) in [6.45, 7) is 1.31. The SMILES string of the molecule is CC(OS(=O)(=O)O)c1cccc(O)c1O. The number of phenolic OH excluding ortho intramolecular Hbond substituents is 2. The molecule has 0 aliphatic heterocycles. The van der Waals surface area contributed by atoms with Gasteiger partial charge in [0.15, 0.2) is 11.5 Å². The van der Waals surface area contributed by atoms with Crippen molar-refractivity contribution < 1.29 is 27.4 Å². The zero-order valence-corrected chi connectivity index (χ0v) is 8.60. The molecule has 0 heterocycles. The van der Waals surface area contributed by atoms with Gasteiger partial charge in [-0.05, 0) is 13.0 Å². The van der Waals surface area contributed by atoms with Crippen molar-refractivity contribution >= 4 is 10.4 Å². The minimum absolute atomic E-state index is 0.0626. The van der Waals surface area contributed by atoms with Crippen molar-refractivity contribution in [2.24, 2.45) is 0 Å². The molecule has 15 heavy (non-hydrogen) atoms. The molecule has 1 aromatic carbocycles. The van der Waals surface area contributed by atoms with Crippen molar-refractivity contribution in [3.05, 3.63) is 23.8 Å². The lowest BCUT2D eigenvalue weighted by atomic mass is 10.1. The summed E-state index contributed by atoms with van der Waals surface area (Å²) in [7, 11) is -4.59. The highest BCUT2D eigenvalue weighted by Crippen LogP contribution is 2.34. The highest BCUT2D eigenvalue weighted by molar-refractivity contribution is 7.80. The van der Waals surface area contributed by atoms with Crippen molar-refractivity contribution in [2.75, 3.05) is 0 Å². The van der Waals surface area contributed by atoms with Gasteiger partial charge in [0.1, 0.15) is 6.10 Å². The van der Waals surface area contributed by atoms with E-state index in [1.807, 2.05) is 0 Å². The maximum atomic E-state index is 10.4. The van der Waals surface area contributed by atoms with Crippen LogP contribution >= 0.6 is 0 Å². The van der Waals surface area contributed by atoms with Gasteiger partial charge < -0.3 is 10.2 Å². The fourth-order valence-electron chi connectivity index (χ4n) is 1.11. The molecule has 1 rings (SSSR count). The summed E-state index contributed by atoms with van der Waals surface area (Å²) in [6, 6.07) is 4.01. The van der Waals surface area contributed by atoms with Gasteiger partial charge in [0.25, 0.3) is 0 Å². The maximum Gasteiger partial charge on any atom is 0.397 e. The predicted molar refractivity (Wildman–Crippen MR) is 50.8 cm³/mol. The zero-order valence-electron chi connectivity index (χ0n) is 7.78. The molecule has 1 unspecified atom stereocenters. The van der Waals surface area contributed by atoms with Gasteiger partial charge in [-0.3, -0.25) is 4.55 Å². The lowest BCUT2D eigenvalue weighted by molar-refractivity contribution is 0.196. The Morgan fingerprint density at radius 2 is 1.93 bits per heavy atom. The molecule has 0 aromatic heterocycles. The number of rotatable bonds is 3. The van der Waals surface area contributed by atoms with E-state index < -0.39 is 28.0 Å². The number of para-hydroxylation sites is 1. The van der Waals surface area contributed by atoms with Crippen LogP contribution in [0.25, 0.3) is 0 Å². The zero-order chi connectivity index (χ0) is 11.6. The summed E-state index contributed by atoms with van der Waals surface area (Å²) < 4.78 is 33.4. The third kappa shape index (κ3) is 3.08. The summed E-state index contributed by atoms with van der Waals surface area (Å²) >= 11 is 0. The molecule has 0 fully saturated rings. The van der Waals surface area contributed by atoms with Crippen LogP contribution in [-0.4, -0.2) is 23.2 Å². The van der Waals surface area contributed by atoms with Crippen LogP contribution in [0.15, 0.2) is 18.2 Å². The van der Waals surface area contributed by atoms with Crippen LogP contribution in [0.2, 0.25) is 0 Å². The Balaban J connectivity index is 3.02. The van der Waals surface area contributed by atoms with Crippen LogP contribution < -0.4 is 0 Å². The Hall–Kier alpha value is -1.31. The standard InChI is InChI=1S/C8H10O6S/c1-5(14-15(11,12)13)6-3-2-4-7(9)8(6)10/h2-5,9-10H,1H3,(H,11,12,13). The third-order valence-electron chi connectivity index (χ3n) is 1.75. The summed E-state index contributed by atoms with van der Waals surface area (Å²) in [5.41, 5.74) is 0.0626. The van der Waals surface area contributed by atoms with Gasteiger partial charge in [0.2, 0.25) is 0 Å². The first-order chi connectivity index (χ1) is 6.81. The quantitative estimate of drug-likeness (QED) is 0.532. The first kappa shape index (κ1) is 11.8. The van der Waals surface area contributed by atoms with Gasteiger partial charge in [-0.15, -0.1) is 0 Å². The molecule has 6 nitrogen and oxygen atoms in total. The average Bonchev–Trinajstić information content (AvgIpc) is 2.06. The molecular weight excluding hydrogens is 224 g/mol. The van der Waals surface area contributed by atoms with E-state index >= 15 is 0 Å². The Morgan fingerprint density at radius 3 is 2.47 bits per heavy atom. The number of aromatic hydroxyl groups is 2. The van der Waals surface area contributed by atoms with E-state index in [4.69, 9.17) is 9.66 Å². The number of phenols is 2. The van der Waals surface area contributed by atoms with Gasteiger partial charge in [0.05, 0.1) is 0 Å². The van der Waals surface area contributed by atoms with E-state index in [0.717, 1.165) is 0 Å².